The number of ether oxygens (including phenoxy) is 2. The van der Waals surface area contributed by atoms with Gasteiger partial charge >= 0.3 is 0 Å². The van der Waals surface area contributed by atoms with Gasteiger partial charge in [-0.2, -0.15) is 0 Å². The zero-order chi connectivity index (χ0) is 13.1. The number of alkyl halides is 1. The molecule has 4 nitrogen and oxygen atoms in total. The number of hydrogen-bond donors (Lipinski definition) is 0. The summed E-state index contributed by atoms with van der Waals surface area (Å²) in [7, 11) is 0. The Bertz CT molecular complexity index is 561. The summed E-state index contributed by atoms with van der Waals surface area (Å²) in [5, 5.41) is 10.2. The molecule has 0 saturated heterocycles. The molecule has 0 N–H and O–H groups in total. The second kappa shape index (κ2) is 5.75. The van der Waals surface area contributed by atoms with E-state index in [1.807, 2.05) is 24.3 Å². The minimum Gasteiger partial charge on any atom is -0.485 e. The van der Waals surface area contributed by atoms with Crippen molar-refractivity contribution < 1.29 is 9.47 Å². The first-order valence-corrected chi connectivity index (χ1v) is 7.48. The number of nitrogens with zero attached hydrogens (tertiary/aromatic N) is 2. The van der Waals surface area contributed by atoms with Crippen LogP contribution in [0.2, 0.25) is 0 Å². The molecule has 6 heteroatoms. The Hall–Kier alpha value is -1.33. The van der Waals surface area contributed by atoms with Gasteiger partial charge in [0.15, 0.2) is 22.6 Å². The van der Waals surface area contributed by atoms with Crippen molar-refractivity contribution >= 4 is 22.9 Å². The molecule has 1 aromatic carbocycles. The van der Waals surface area contributed by atoms with Crippen molar-refractivity contribution in [1.29, 1.82) is 0 Å². The molecule has 19 heavy (non-hydrogen) atoms. The molecule has 1 unspecified atom stereocenters. The maximum Gasteiger partial charge on any atom is 0.186 e. The molecule has 0 fully saturated rings. The van der Waals surface area contributed by atoms with Crippen molar-refractivity contribution in [3.8, 4) is 11.5 Å². The highest BCUT2D eigenvalue weighted by Crippen LogP contribution is 2.36. The van der Waals surface area contributed by atoms with E-state index in [4.69, 9.17) is 21.1 Å². The molecule has 0 amide bonds. The predicted octanol–water partition coefficient (Wildman–Crippen LogP) is 3.22. The lowest BCUT2D eigenvalue weighted by molar-refractivity contribution is 0.0906. The fourth-order valence-corrected chi connectivity index (χ4v) is 2.89. The van der Waals surface area contributed by atoms with E-state index in [1.165, 1.54) is 0 Å². The van der Waals surface area contributed by atoms with Crippen LogP contribution in [0.3, 0.4) is 0 Å². The third-order valence-corrected chi connectivity index (χ3v) is 4.13. The van der Waals surface area contributed by atoms with E-state index in [9.17, 15) is 0 Å². The van der Waals surface area contributed by atoms with Gasteiger partial charge in [0.05, 0.1) is 0 Å². The van der Waals surface area contributed by atoms with Gasteiger partial charge in [-0.15, -0.1) is 21.8 Å². The molecule has 0 aliphatic carbocycles. The van der Waals surface area contributed by atoms with Crippen LogP contribution in [0, 0.1) is 0 Å². The lowest BCUT2D eigenvalue weighted by atomic mass is 10.3. The molecule has 3 rings (SSSR count). The van der Waals surface area contributed by atoms with Crippen LogP contribution in [0.1, 0.15) is 22.5 Å². The SMILES string of the molecule is ClCCCc1nnc(C2COc3ccccc3O2)s1. The minimum atomic E-state index is -0.169. The first kappa shape index (κ1) is 12.7. The molecule has 2 aromatic rings. The van der Waals surface area contributed by atoms with Crippen LogP contribution in [0.4, 0.5) is 0 Å². The summed E-state index contributed by atoms with van der Waals surface area (Å²) < 4.78 is 11.6. The first-order valence-electron chi connectivity index (χ1n) is 6.13. The largest absolute Gasteiger partial charge is 0.485 e. The van der Waals surface area contributed by atoms with E-state index in [-0.39, 0.29) is 6.10 Å². The van der Waals surface area contributed by atoms with Gasteiger partial charge < -0.3 is 9.47 Å². The van der Waals surface area contributed by atoms with Crippen molar-refractivity contribution in [2.75, 3.05) is 12.5 Å². The number of fused-ring (bicyclic) bond motifs is 1. The number of hydrogen-bond acceptors (Lipinski definition) is 5. The molecule has 1 aromatic heterocycles. The van der Waals surface area contributed by atoms with Gasteiger partial charge in [0.25, 0.3) is 0 Å². The fraction of sp³-hybridized carbons (Fsp3) is 0.385. The van der Waals surface area contributed by atoms with Crippen molar-refractivity contribution in [2.24, 2.45) is 0 Å². The van der Waals surface area contributed by atoms with Crippen LogP contribution >= 0.6 is 22.9 Å². The highest BCUT2D eigenvalue weighted by molar-refractivity contribution is 7.11. The third kappa shape index (κ3) is 2.82. The van der Waals surface area contributed by atoms with Crippen LogP contribution in [0.25, 0.3) is 0 Å². The molecule has 100 valence electrons. The van der Waals surface area contributed by atoms with E-state index in [2.05, 4.69) is 10.2 Å². The topological polar surface area (TPSA) is 44.2 Å². The zero-order valence-electron chi connectivity index (χ0n) is 10.2. The van der Waals surface area contributed by atoms with Crippen molar-refractivity contribution in [3.63, 3.8) is 0 Å². The Kier molecular flexibility index (Phi) is 3.84. The molecular weight excluding hydrogens is 284 g/mol. The smallest absolute Gasteiger partial charge is 0.186 e. The number of aryl methyl sites for hydroxylation is 1. The minimum absolute atomic E-state index is 0.169. The monoisotopic (exact) mass is 296 g/mol. The average Bonchev–Trinajstić information content (AvgIpc) is 2.93. The van der Waals surface area contributed by atoms with Crippen molar-refractivity contribution in [2.45, 2.75) is 18.9 Å². The van der Waals surface area contributed by atoms with E-state index in [0.29, 0.717) is 12.5 Å². The normalized spacial score (nSPS) is 17.4. The standard InChI is InChI=1S/C13H13ClN2O2S/c14-7-3-6-12-15-16-13(19-12)11-8-17-9-4-1-2-5-10(9)18-11/h1-2,4-5,11H,3,6-8H2. The Labute approximate surface area is 120 Å². The van der Waals surface area contributed by atoms with Gasteiger partial charge in [0.1, 0.15) is 11.6 Å². The summed E-state index contributed by atoms with van der Waals surface area (Å²) in [6, 6.07) is 7.66. The van der Waals surface area contributed by atoms with E-state index in [0.717, 1.165) is 34.4 Å². The summed E-state index contributed by atoms with van der Waals surface area (Å²) in [5.41, 5.74) is 0. The zero-order valence-corrected chi connectivity index (χ0v) is 11.8. The maximum atomic E-state index is 5.89. The number of aromatic nitrogens is 2. The second-order valence-electron chi connectivity index (χ2n) is 4.19. The van der Waals surface area contributed by atoms with Gasteiger partial charge in [-0.25, -0.2) is 0 Å². The Balaban J connectivity index is 1.72. The number of benzene rings is 1. The van der Waals surface area contributed by atoms with Gasteiger partial charge in [0, 0.05) is 12.3 Å². The quantitative estimate of drug-likeness (QED) is 0.813. The third-order valence-electron chi connectivity index (χ3n) is 2.79. The molecule has 0 spiro atoms. The molecule has 0 radical (unpaired) electrons. The van der Waals surface area contributed by atoms with E-state index < -0.39 is 0 Å². The summed E-state index contributed by atoms with van der Waals surface area (Å²) in [6.45, 7) is 0.473. The Morgan fingerprint density at radius 2 is 2.11 bits per heavy atom. The summed E-state index contributed by atoms with van der Waals surface area (Å²) >= 11 is 7.24. The Morgan fingerprint density at radius 3 is 2.95 bits per heavy atom. The van der Waals surface area contributed by atoms with E-state index >= 15 is 0 Å². The fourth-order valence-electron chi connectivity index (χ4n) is 1.86. The molecule has 0 bridgehead atoms. The van der Waals surface area contributed by atoms with Crippen LogP contribution < -0.4 is 9.47 Å². The van der Waals surface area contributed by atoms with Crippen molar-refractivity contribution in [3.05, 3.63) is 34.3 Å². The lowest BCUT2D eigenvalue weighted by Crippen LogP contribution is -2.21. The molecule has 2 heterocycles. The number of para-hydroxylation sites is 2. The van der Waals surface area contributed by atoms with Crippen LogP contribution in [0.15, 0.2) is 24.3 Å². The maximum absolute atomic E-state index is 5.89. The molecule has 1 aliphatic rings. The number of rotatable bonds is 4. The summed E-state index contributed by atoms with van der Waals surface area (Å²) in [6.07, 6.45) is 1.61. The molecule has 0 saturated carbocycles. The van der Waals surface area contributed by atoms with Crippen molar-refractivity contribution in [1.82, 2.24) is 10.2 Å². The van der Waals surface area contributed by atoms with Gasteiger partial charge in [-0.3, -0.25) is 0 Å². The summed E-state index contributed by atoms with van der Waals surface area (Å²) in [4.78, 5) is 0. The average molecular weight is 297 g/mol. The highest BCUT2D eigenvalue weighted by atomic mass is 35.5. The predicted molar refractivity (Wildman–Crippen MR) is 74.3 cm³/mol. The number of halogens is 1. The van der Waals surface area contributed by atoms with E-state index in [1.54, 1.807) is 11.3 Å². The summed E-state index contributed by atoms with van der Waals surface area (Å²) in [5.74, 6) is 2.19. The highest BCUT2D eigenvalue weighted by Gasteiger charge is 2.25. The molecule has 1 atom stereocenters. The van der Waals surface area contributed by atoms with Crippen LogP contribution in [0.5, 0.6) is 11.5 Å². The van der Waals surface area contributed by atoms with Gasteiger partial charge in [-0.1, -0.05) is 23.5 Å². The second-order valence-corrected chi connectivity index (χ2v) is 5.66. The van der Waals surface area contributed by atoms with Crippen LogP contribution in [-0.4, -0.2) is 22.7 Å². The first-order chi connectivity index (χ1) is 9.36. The molecular formula is C13H13ClN2O2S. The lowest BCUT2D eigenvalue weighted by Gasteiger charge is -2.24. The van der Waals surface area contributed by atoms with Gasteiger partial charge in [0.2, 0.25) is 0 Å². The molecule has 1 aliphatic heterocycles. The Morgan fingerprint density at radius 1 is 1.26 bits per heavy atom. The van der Waals surface area contributed by atoms with Gasteiger partial charge in [-0.05, 0) is 18.6 Å². The van der Waals surface area contributed by atoms with Crippen LogP contribution in [-0.2, 0) is 6.42 Å².